The van der Waals surface area contributed by atoms with Crippen LogP contribution in [0.1, 0.15) is 48.6 Å². The Bertz CT molecular complexity index is 1500. The van der Waals surface area contributed by atoms with E-state index in [0.717, 1.165) is 42.6 Å². The third-order valence-electron chi connectivity index (χ3n) is 8.62. The largest absolute Gasteiger partial charge is 0.384 e. The molecule has 9 heteroatoms. The monoisotopic (exact) mass is 542 g/mol. The lowest BCUT2D eigenvalue weighted by Crippen LogP contribution is -2.54. The fraction of sp³-hybridized carbons (Fsp3) is 0.452. The van der Waals surface area contributed by atoms with E-state index in [1.807, 2.05) is 58.4 Å². The SMILES string of the molecule is COC[C@@H]1CCCC[C@H]1n1cnc(C(=O)N2CCNC[C@H]2CCn2[nH]c(=O)c3ccccc32)c1-c1ccccc1. The number of rotatable bonds is 8. The van der Waals surface area contributed by atoms with Gasteiger partial charge in [-0.3, -0.25) is 19.4 Å². The number of ether oxygens (including phenoxy) is 1. The van der Waals surface area contributed by atoms with Crippen LogP contribution in [0.4, 0.5) is 0 Å². The van der Waals surface area contributed by atoms with E-state index in [-0.39, 0.29) is 23.6 Å². The lowest BCUT2D eigenvalue weighted by Gasteiger charge is -2.36. The molecular weight excluding hydrogens is 504 g/mol. The molecule has 0 unspecified atom stereocenters. The molecule has 1 saturated carbocycles. The van der Waals surface area contributed by atoms with Crippen molar-refractivity contribution < 1.29 is 9.53 Å². The molecule has 1 aliphatic heterocycles. The first-order chi connectivity index (χ1) is 19.7. The zero-order chi connectivity index (χ0) is 27.5. The molecule has 1 saturated heterocycles. The van der Waals surface area contributed by atoms with Crippen molar-refractivity contribution in [3.8, 4) is 11.3 Å². The summed E-state index contributed by atoms with van der Waals surface area (Å²) in [6, 6.07) is 18.0. The molecule has 2 fully saturated rings. The van der Waals surface area contributed by atoms with Crippen LogP contribution < -0.4 is 10.9 Å². The van der Waals surface area contributed by atoms with Crippen molar-refractivity contribution in [3.05, 3.63) is 77.0 Å². The van der Waals surface area contributed by atoms with Crippen molar-refractivity contribution in [3.63, 3.8) is 0 Å². The number of carbonyl (C=O) groups is 1. The maximum absolute atomic E-state index is 14.3. The highest BCUT2D eigenvalue weighted by molar-refractivity contribution is 5.98. The summed E-state index contributed by atoms with van der Waals surface area (Å²) in [6.45, 7) is 3.37. The summed E-state index contributed by atoms with van der Waals surface area (Å²) in [5.74, 6) is 0.359. The van der Waals surface area contributed by atoms with Crippen molar-refractivity contribution in [2.24, 2.45) is 5.92 Å². The van der Waals surface area contributed by atoms with Gasteiger partial charge in [-0.1, -0.05) is 55.3 Å². The van der Waals surface area contributed by atoms with Crippen LogP contribution in [0, 0.1) is 5.92 Å². The van der Waals surface area contributed by atoms with Gasteiger partial charge in [-0.2, -0.15) is 0 Å². The highest BCUT2D eigenvalue weighted by Crippen LogP contribution is 2.38. The molecule has 0 spiro atoms. The second kappa shape index (κ2) is 11.8. The minimum Gasteiger partial charge on any atom is -0.384 e. The number of fused-ring (bicyclic) bond motifs is 1. The number of carbonyl (C=O) groups excluding carboxylic acids is 1. The molecule has 3 heterocycles. The number of para-hydroxylation sites is 1. The minimum absolute atomic E-state index is 0.0180. The number of nitrogens with zero attached hydrogens (tertiary/aromatic N) is 4. The van der Waals surface area contributed by atoms with E-state index in [4.69, 9.17) is 9.72 Å². The van der Waals surface area contributed by atoms with Gasteiger partial charge in [-0.05, 0) is 31.4 Å². The van der Waals surface area contributed by atoms with Crippen LogP contribution in [0.25, 0.3) is 22.2 Å². The van der Waals surface area contributed by atoms with Crippen molar-refractivity contribution >= 4 is 16.8 Å². The predicted molar refractivity (Wildman–Crippen MR) is 155 cm³/mol. The average molecular weight is 543 g/mol. The highest BCUT2D eigenvalue weighted by atomic mass is 16.5. The Labute approximate surface area is 234 Å². The number of hydrogen-bond acceptors (Lipinski definition) is 5. The summed E-state index contributed by atoms with van der Waals surface area (Å²) in [5.41, 5.74) is 3.22. The van der Waals surface area contributed by atoms with E-state index in [1.165, 1.54) is 6.42 Å². The smallest absolute Gasteiger partial charge is 0.275 e. The van der Waals surface area contributed by atoms with Crippen molar-refractivity contribution in [1.29, 1.82) is 0 Å². The van der Waals surface area contributed by atoms with Crippen molar-refractivity contribution in [1.82, 2.24) is 29.5 Å². The lowest BCUT2D eigenvalue weighted by molar-refractivity contribution is 0.0614. The third-order valence-corrected chi connectivity index (χ3v) is 8.62. The van der Waals surface area contributed by atoms with Crippen LogP contribution in [0.15, 0.2) is 65.7 Å². The van der Waals surface area contributed by atoms with Gasteiger partial charge in [0.2, 0.25) is 0 Å². The number of piperazine rings is 1. The molecule has 1 aliphatic carbocycles. The van der Waals surface area contributed by atoms with E-state index in [0.29, 0.717) is 49.7 Å². The van der Waals surface area contributed by atoms with Gasteiger partial charge in [0.05, 0.1) is 29.5 Å². The molecule has 1 amide bonds. The van der Waals surface area contributed by atoms with E-state index in [1.54, 1.807) is 7.11 Å². The molecule has 4 aromatic rings. The molecule has 0 radical (unpaired) electrons. The zero-order valence-electron chi connectivity index (χ0n) is 23.1. The van der Waals surface area contributed by atoms with Crippen LogP contribution in [0.3, 0.4) is 0 Å². The molecular formula is C31H38N6O3. The average Bonchev–Trinajstić information content (AvgIpc) is 3.58. The molecule has 6 rings (SSSR count). The maximum atomic E-state index is 14.3. The molecule has 40 heavy (non-hydrogen) atoms. The Morgan fingerprint density at radius 1 is 1.07 bits per heavy atom. The number of H-pyrrole nitrogens is 1. The molecule has 2 aliphatic rings. The Morgan fingerprint density at radius 3 is 2.73 bits per heavy atom. The fourth-order valence-corrected chi connectivity index (χ4v) is 6.63. The summed E-state index contributed by atoms with van der Waals surface area (Å²) in [6.07, 6.45) is 7.13. The molecule has 0 bridgehead atoms. The van der Waals surface area contributed by atoms with E-state index in [2.05, 4.69) is 27.1 Å². The number of benzene rings is 2. The van der Waals surface area contributed by atoms with Crippen LogP contribution in [-0.4, -0.2) is 69.5 Å². The van der Waals surface area contributed by atoms with E-state index < -0.39 is 0 Å². The molecule has 2 aromatic heterocycles. The van der Waals surface area contributed by atoms with Gasteiger partial charge in [0.15, 0.2) is 5.69 Å². The predicted octanol–water partition coefficient (Wildman–Crippen LogP) is 4.08. The van der Waals surface area contributed by atoms with Gasteiger partial charge in [-0.25, -0.2) is 4.98 Å². The summed E-state index contributed by atoms with van der Waals surface area (Å²) in [4.78, 5) is 33.4. The number of imidazole rings is 1. The summed E-state index contributed by atoms with van der Waals surface area (Å²) in [7, 11) is 1.77. The Morgan fingerprint density at radius 2 is 1.88 bits per heavy atom. The van der Waals surface area contributed by atoms with Crippen LogP contribution in [0.5, 0.6) is 0 Å². The van der Waals surface area contributed by atoms with Crippen molar-refractivity contribution in [2.75, 3.05) is 33.4 Å². The topological polar surface area (TPSA) is 97.2 Å². The molecule has 3 atom stereocenters. The Hall–Kier alpha value is -3.69. The second-order valence-electron chi connectivity index (χ2n) is 11.0. The molecule has 2 aromatic carbocycles. The van der Waals surface area contributed by atoms with Crippen LogP contribution in [-0.2, 0) is 11.3 Å². The van der Waals surface area contributed by atoms with Gasteiger partial charge in [0.1, 0.15) is 0 Å². The van der Waals surface area contributed by atoms with E-state index in [9.17, 15) is 9.59 Å². The number of nitrogens with one attached hydrogen (secondary N) is 2. The number of amides is 1. The van der Waals surface area contributed by atoms with Gasteiger partial charge in [-0.15, -0.1) is 0 Å². The number of aromatic amines is 1. The molecule has 9 nitrogen and oxygen atoms in total. The van der Waals surface area contributed by atoms with Crippen LogP contribution >= 0.6 is 0 Å². The standard InChI is InChI=1S/C31H38N6O3/c1-40-20-23-11-5-7-13-26(23)36-21-33-28(29(36)22-9-3-2-4-10-22)31(39)35-18-16-32-19-24(35)15-17-37-27-14-8-6-12-25(27)30(38)34-37/h2-4,6,8-10,12,14,21,23-24,26,32H,5,7,11,13,15-20H2,1H3,(H,34,38)/t23-,24+,26+/m0/s1. The van der Waals surface area contributed by atoms with Gasteiger partial charge >= 0.3 is 0 Å². The summed E-state index contributed by atoms with van der Waals surface area (Å²) < 4.78 is 9.74. The molecule has 210 valence electrons. The maximum Gasteiger partial charge on any atom is 0.275 e. The normalized spacial score (nSPS) is 21.6. The number of aromatic nitrogens is 4. The Balaban J connectivity index is 1.30. The fourth-order valence-electron chi connectivity index (χ4n) is 6.63. The number of aryl methyl sites for hydroxylation is 1. The number of methoxy groups -OCH3 is 1. The number of hydrogen-bond donors (Lipinski definition) is 2. The van der Waals surface area contributed by atoms with Gasteiger partial charge in [0, 0.05) is 56.9 Å². The first kappa shape index (κ1) is 26.5. The Kier molecular flexibility index (Phi) is 7.84. The van der Waals surface area contributed by atoms with Gasteiger partial charge in [0.25, 0.3) is 11.5 Å². The van der Waals surface area contributed by atoms with Gasteiger partial charge < -0.3 is 19.5 Å². The third kappa shape index (κ3) is 5.11. The highest BCUT2D eigenvalue weighted by Gasteiger charge is 2.34. The van der Waals surface area contributed by atoms with E-state index >= 15 is 0 Å². The lowest BCUT2D eigenvalue weighted by atomic mass is 9.84. The van der Waals surface area contributed by atoms with Crippen molar-refractivity contribution in [2.45, 2.75) is 50.7 Å². The second-order valence-corrected chi connectivity index (χ2v) is 11.0. The first-order valence-corrected chi connectivity index (χ1v) is 14.5. The molecule has 2 N–H and O–H groups in total. The van der Waals surface area contributed by atoms with Crippen LogP contribution in [0.2, 0.25) is 0 Å². The zero-order valence-corrected chi connectivity index (χ0v) is 23.1. The summed E-state index contributed by atoms with van der Waals surface area (Å²) in [5, 5.41) is 7.11. The quantitative estimate of drug-likeness (QED) is 0.350. The first-order valence-electron chi connectivity index (χ1n) is 14.5. The minimum atomic E-state index is -0.0853. The summed E-state index contributed by atoms with van der Waals surface area (Å²) >= 11 is 0.